The summed E-state index contributed by atoms with van der Waals surface area (Å²) >= 11 is 1.99. The molecule has 2 unspecified atom stereocenters. The van der Waals surface area contributed by atoms with Gasteiger partial charge in [0.2, 0.25) is 0 Å². The first-order valence-corrected chi connectivity index (χ1v) is 8.15. The first kappa shape index (κ1) is 14.2. The minimum Gasteiger partial charge on any atom is -0.480 e. The van der Waals surface area contributed by atoms with Crippen LogP contribution in [-0.4, -0.2) is 45.6 Å². The highest BCUT2D eigenvalue weighted by atomic mass is 32.2. The Labute approximate surface area is 114 Å². The van der Waals surface area contributed by atoms with Gasteiger partial charge < -0.3 is 5.11 Å². The molecular formula is C14H25NO2S. The van der Waals surface area contributed by atoms with Crippen LogP contribution >= 0.6 is 11.8 Å². The van der Waals surface area contributed by atoms with Gasteiger partial charge in [-0.25, -0.2) is 0 Å². The van der Waals surface area contributed by atoms with Crippen molar-refractivity contribution < 1.29 is 9.90 Å². The van der Waals surface area contributed by atoms with Crippen LogP contribution in [0.15, 0.2) is 0 Å². The molecule has 104 valence electrons. The molecule has 2 fully saturated rings. The molecule has 2 saturated heterocycles. The fourth-order valence-corrected chi connectivity index (χ4v) is 4.98. The number of nitrogens with zero attached hydrogens (tertiary/aromatic N) is 1. The Morgan fingerprint density at radius 1 is 1.50 bits per heavy atom. The van der Waals surface area contributed by atoms with Crippen molar-refractivity contribution in [3.8, 4) is 0 Å². The predicted octanol–water partition coefficient (Wildman–Crippen LogP) is 2.85. The van der Waals surface area contributed by atoms with Gasteiger partial charge in [-0.15, -0.1) is 0 Å². The SMILES string of the molecule is CCC1(C(=O)O)CCCN1C1CSCC(C)(C)C1. The third kappa shape index (κ3) is 2.42. The van der Waals surface area contributed by atoms with Crippen LogP contribution in [0.2, 0.25) is 0 Å². The molecule has 2 heterocycles. The number of hydrogen-bond donors (Lipinski definition) is 1. The van der Waals surface area contributed by atoms with E-state index in [-0.39, 0.29) is 0 Å². The van der Waals surface area contributed by atoms with Gasteiger partial charge in [0.05, 0.1) is 0 Å². The number of carboxylic acid groups (broad SMARTS) is 1. The van der Waals surface area contributed by atoms with Crippen molar-refractivity contribution in [3.63, 3.8) is 0 Å². The lowest BCUT2D eigenvalue weighted by Crippen LogP contribution is -2.56. The predicted molar refractivity (Wildman–Crippen MR) is 76.1 cm³/mol. The van der Waals surface area contributed by atoms with E-state index in [0.29, 0.717) is 11.5 Å². The Kier molecular flexibility index (Phi) is 3.98. The van der Waals surface area contributed by atoms with Gasteiger partial charge in [-0.3, -0.25) is 9.69 Å². The van der Waals surface area contributed by atoms with Crippen LogP contribution in [0.4, 0.5) is 0 Å². The zero-order chi connectivity index (χ0) is 13.4. The van der Waals surface area contributed by atoms with Crippen molar-refractivity contribution in [1.29, 1.82) is 0 Å². The van der Waals surface area contributed by atoms with Gasteiger partial charge in [-0.1, -0.05) is 20.8 Å². The van der Waals surface area contributed by atoms with Crippen LogP contribution < -0.4 is 0 Å². The second-order valence-electron chi connectivity index (χ2n) is 6.52. The number of aliphatic carboxylic acids is 1. The Bertz CT molecular complexity index is 332. The highest BCUT2D eigenvalue weighted by Crippen LogP contribution is 2.42. The second-order valence-corrected chi connectivity index (χ2v) is 7.55. The molecule has 0 aromatic rings. The molecule has 4 heteroatoms. The van der Waals surface area contributed by atoms with Gasteiger partial charge in [0.1, 0.15) is 5.54 Å². The average Bonchev–Trinajstić information content (AvgIpc) is 2.72. The van der Waals surface area contributed by atoms with E-state index in [4.69, 9.17) is 0 Å². The minimum absolute atomic E-state index is 0.341. The highest BCUT2D eigenvalue weighted by molar-refractivity contribution is 7.99. The van der Waals surface area contributed by atoms with Crippen LogP contribution in [0.25, 0.3) is 0 Å². The Hall–Kier alpha value is -0.220. The van der Waals surface area contributed by atoms with Crippen molar-refractivity contribution in [1.82, 2.24) is 4.90 Å². The number of thioether (sulfide) groups is 1. The van der Waals surface area contributed by atoms with Crippen molar-refractivity contribution in [2.24, 2.45) is 5.41 Å². The van der Waals surface area contributed by atoms with E-state index in [1.807, 2.05) is 18.7 Å². The second kappa shape index (κ2) is 5.04. The standard InChI is InChI=1S/C14H25NO2S/c1-4-14(12(16)17)6-5-7-15(14)11-8-13(2,3)10-18-9-11/h11H,4-10H2,1-3H3,(H,16,17). The zero-order valence-electron chi connectivity index (χ0n) is 11.7. The summed E-state index contributed by atoms with van der Waals surface area (Å²) in [5.74, 6) is 1.68. The molecule has 0 spiro atoms. The molecule has 2 rings (SSSR count). The topological polar surface area (TPSA) is 40.5 Å². The van der Waals surface area contributed by atoms with Crippen molar-refractivity contribution in [2.45, 2.75) is 58.0 Å². The summed E-state index contributed by atoms with van der Waals surface area (Å²) in [5.41, 5.74) is -0.243. The number of rotatable bonds is 3. The Morgan fingerprint density at radius 3 is 2.78 bits per heavy atom. The molecule has 1 N–H and O–H groups in total. The van der Waals surface area contributed by atoms with E-state index in [0.717, 1.165) is 38.0 Å². The van der Waals surface area contributed by atoms with Crippen LogP contribution in [0, 0.1) is 5.41 Å². The van der Waals surface area contributed by atoms with E-state index in [1.54, 1.807) is 0 Å². The molecule has 0 bridgehead atoms. The monoisotopic (exact) mass is 271 g/mol. The van der Waals surface area contributed by atoms with E-state index in [2.05, 4.69) is 18.7 Å². The third-order valence-electron chi connectivity index (χ3n) is 4.55. The normalized spacial score (nSPS) is 36.7. The molecule has 0 aromatic heterocycles. The van der Waals surface area contributed by atoms with E-state index in [9.17, 15) is 9.90 Å². The molecule has 2 aliphatic heterocycles. The van der Waals surface area contributed by atoms with Gasteiger partial charge in [0.15, 0.2) is 0 Å². The number of carbonyl (C=O) groups is 1. The van der Waals surface area contributed by atoms with Crippen LogP contribution in [0.5, 0.6) is 0 Å². The molecule has 2 atom stereocenters. The summed E-state index contributed by atoms with van der Waals surface area (Å²) in [4.78, 5) is 14.0. The summed E-state index contributed by atoms with van der Waals surface area (Å²) < 4.78 is 0. The van der Waals surface area contributed by atoms with Crippen LogP contribution in [0.3, 0.4) is 0 Å². The molecule has 3 nitrogen and oxygen atoms in total. The highest BCUT2D eigenvalue weighted by Gasteiger charge is 2.50. The molecule has 0 aromatic carbocycles. The molecule has 0 aliphatic carbocycles. The average molecular weight is 271 g/mol. The molecule has 0 amide bonds. The maximum Gasteiger partial charge on any atom is 0.324 e. The largest absolute Gasteiger partial charge is 0.480 e. The number of carboxylic acids is 1. The quantitative estimate of drug-likeness (QED) is 0.857. The van der Waals surface area contributed by atoms with Gasteiger partial charge >= 0.3 is 5.97 Å². The van der Waals surface area contributed by atoms with Gasteiger partial charge in [-0.2, -0.15) is 11.8 Å². The van der Waals surface area contributed by atoms with Crippen molar-refractivity contribution in [2.75, 3.05) is 18.1 Å². The Morgan fingerprint density at radius 2 is 2.22 bits per heavy atom. The molecule has 18 heavy (non-hydrogen) atoms. The van der Waals surface area contributed by atoms with Crippen molar-refractivity contribution >= 4 is 17.7 Å². The van der Waals surface area contributed by atoms with Crippen LogP contribution in [-0.2, 0) is 4.79 Å². The lowest BCUT2D eigenvalue weighted by molar-refractivity contribution is -0.151. The summed E-state index contributed by atoms with van der Waals surface area (Å²) in [6, 6.07) is 0.442. The first-order chi connectivity index (χ1) is 8.41. The minimum atomic E-state index is -0.615. The lowest BCUT2D eigenvalue weighted by atomic mass is 9.85. The van der Waals surface area contributed by atoms with Crippen molar-refractivity contribution in [3.05, 3.63) is 0 Å². The molecule has 0 radical (unpaired) electrons. The van der Waals surface area contributed by atoms with Crippen LogP contribution in [0.1, 0.15) is 46.5 Å². The van der Waals surface area contributed by atoms with E-state index in [1.165, 1.54) is 5.75 Å². The molecular weight excluding hydrogens is 246 g/mol. The third-order valence-corrected chi connectivity index (χ3v) is 6.16. The summed E-state index contributed by atoms with van der Waals surface area (Å²) in [7, 11) is 0. The zero-order valence-corrected chi connectivity index (χ0v) is 12.6. The van der Waals surface area contributed by atoms with E-state index >= 15 is 0 Å². The van der Waals surface area contributed by atoms with Gasteiger partial charge in [0, 0.05) is 11.8 Å². The van der Waals surface area contributed by atoms with E-state index < -0.39 is 11.5 Å². The summed E-state index contributed by atoms with van der Waals surface area (Å²) in [6.07, 6.45) is 3.71. The fraction of sp³-hybridized carbons (Fsp3) is 0.929. The summed E-state index contributed by atoms with van der Waals surface area (Å²) in [5, 5.41) is 9.65. The van der Waals surface area contributed by atoms with Gasteiger partial charge in [0.25, 0.3) is 0 Å². The lowest BCUT2D eigenvalue weighted by Gasteiger charge is -2.45. The fourth-order valence-electron chi connectivity index (χ4n) is 3.62. The molecule has 2 aliphatic rings. The smallest absolute Gasteiger partial charge is 0.324 e. The van der Waals surface area contributed by atoms with Gasteiger partial charge in [-0.05, 0) is 43.4 Å². The number of likely N-dealkylation sites (tertiary alicyclic amines) is 1. The number of hydrogen-bond acceptors (Lipinski definition) is 3. The Balaban J connectivity index is 2.18. The maximum absolute atomic E-state index is 11.7. The maximum atomic E-state index is 11.7. The summed E-state index contributed by atoms with van der Waals surface area (Å²) in [6.45, 7) is 7.59. The first-order valence-electron chi connectivity index (χ1n) is 6.99. The molecule has 0 saturated carbocycles.